The largest absolute Gasteiger partial charge is 0.306 e. The number of aromatic nitrogens is 3. The van der Waals surface area contributed by atoms with Crippen molar-refractivity contribution in [2.75, 3.05) is 0 Å². The summed E-state index contributed by atoms with van der Waals surface area (Å²) in [5.74, 6) is 0.535. The molecule has 4 heteroatoms. The van der Waals surface area contributed by atoms with Gasteiger partial charge in [0.05, 0.1) is 10.9 Å². The Kier molecular flexibility index (Phi) is 3.43. The Morgan fingerprint density at radius 1 is 0.875 bits per heavy atom. The molecule has 2 aromatic heterocycles. The first kappa shape index (κ1) is 14.3. The third-order valence-corrected chi connectivity index (χ3v) is 4.00. The van der Waals surface area contributed by atoms with Crippen molar-refractivity contribution in [2.45, 2.75) is 6.92 Å². The summed E-state index contributed by atoms with van der Waals surface area (Å²) in [5.41, 5.74) is 4.33. The number of aryl methyl sites for hydroxylation is 1. The third-order valence-electron chi connectivity index (χ3n) is 4.00. The minimum Gasteiger partial charge on any atom is -0.306 e. The van der Waals surface area contributed by atoms with E-state index >= 15 is 0 Å². The number of nitrogens with zero attached hydrogens (tertiary/aromatic N) is 2. The molecule has 0 saturated heterocycles. The lowest BCUT2D eigenvalue weighted by Crippen LogP contribution is -2.09. The molecule has 4 nitrogen and oxygen atoms in total. The number of pyridine rings is 1. The highest BCUT2D eigenvalue weighted by Crippen LogP contribution is 2.23. The molecule has 0 unspecified atom stereocenters. The van der Waals surface area contributed by atoms with Crippen LogP contribution in [0.5, 0.6) is 0 Å². The fraction of sp³-hybridized carbons (Fsp3) is 0.0500. The number of aromatic amines is 1. The van der Waals surface area contributed by atoms with Gasteiger partial charge in [-0.15, -0.1) is 0 Å². The van der Waals surface area contributed by atoms with Gasteiger partial charge in [-0.2, -0.15) is 0 Å². The molecule has 4 rings (SSSR count). The Morgan fingerprint density at radius 2 is 1.67 bits per heavy atom. The standard InChI is InChI=1S/C20H15N3O/c1-13-7-8-16(12-21-13)19-22-18-10-9-15(11-17(18)20(24)23-19)14-5-3-2-4-6-14/h2-12H,1H3,(H,22,23,24). The summed E-state index contributed by atoms with van der Waals surface area (Å²) in [6, 6.07) is 19.5. The molecule has 4 aromatic rings. The van der Waals surface area contributed by atoms with Crippen LogP contribution < -0.4 is 5.56 Å². The molecule has 2 aromatic carbocycles. The highest BCUT2D eigenvalue weighted by Gasteiger charge is 2.08. The Hall–Kier alpha value is -3.27. The van der Waals surface area contributed by atoms with Crippen molar-refractivity contribution in [2.24, 2.45) is 0 Å². The molecule has 0 aliphatic heterocycles. The molecule has 116 valence electrons. The second-order valence-corrected chi connectivity index (χ2v) is 5.70. The number of rotatable bonds is 2. The second-order valence-electron chi connectivity index (χ2n) is 5.70. The Balaban J connectivity index is 1.85. The molecule has 0 aliphatic rings. The first-order valence-electron chi connectivity index (χ1n) is 7.73. The monoisotopic (exact) mass is 313 g/mol. The molecule has 1 N–H and O–H groups in total. The van der Waals surface area contributed by atoms with Gasteiger partial charge in [0, 0.05) is 17.5 Å². The van der Waals surface area contributed by atoms with Crippen LogP contribution in [0.15, 0.2) is 71.7 Å². The lowest BCUT2D eigenvalue weighted by atomic mass is 10.0. The number of benzene rings is 2. The number of hydrogen-bond acceptors (Lipinski definition) is 3. The maximum Gasteiger partial charge on any atom is 0.259 e. The van der Waals surface area contributed by atoms with Gasteiger partial charge in [0.25, 0.3) is 5.56 Å². The first-order chi connectivity index (χ1) is 11.7. The molecule has 0 atom stereocenters. The number of H-pyrrole nitrogens is 1. The molecule has 24 heavy (non-hydrogen) atoms. The van der Waals surface area contributed by atoms with E-state index in [0.717, 1.165) is 22.4 Å². The summed E-state index contributed by atoms with van der Waals surface area (Å²) in [6.45, 7) is 1.92. The molecule has 0 radical (unpaired) electrons. The van der Waals surface area contributed by atoms with Crippen LogP contribution in [0.3, 0.4) is 0 Å². The van der Waals surface area contributed by atoms with Gasteiger partial charge >= 0.3 is 0 Å². The van der Waals surface area contributed by atoms with Gasteiger partial charge in [-0.05, 0) is 42.3 Å². The summed E-state index contributed by atoms with van der Waals surface area (Å²) in [6.07, 6.45) is 1.72. The maximum absolute atomic E-state index is 12.5. The zero-order valence-electron chi connectivity index (χ0n) is 13.2. The molecule has 0 bridgehead atoms. The lowest BCUT2D eigenvalue weighted by Gasteiger charge is -2.06. The molecule has 2 heterocycles. The average Bonchev–Trinajstić information content (AvgIpc) is 2.63. The third kappa shape index (κ3) is 2.58. The van der Waals surface area contributed by atoms with Gasteiger partial charge in [0.1, 0.15) is 5.82 Å². The van der Waals surface area contributed by atoms with Crippen LogP contribution in [-0.2, 0) is 0 Å². The van der Waals surface area contributed by atoms with Crippen molar-refractivity contribution in [3.05, 3.63) is 82.9 Å². The van der Waals surface area contributed by atoms with Crippen molar-refractivity contribution in [1.82, 2.24) is 15.0 Å². The summed E-state index contributed by atoms with van der Waals surface area (Å²) in [7, 11) is 0. The molecule has 0 aliphatic carbocycles. The van der Waals surface area contributed by atoms with Gasteiger partial charge in [0.2, 0.25) is 0 Å². The zero-order chi connectivity index (χ0) is 16.5. The SMILES string of the molecule is Cc1ccc(-c2nc3ccc(-c4ccccc4)cc3c(=O)[nH]2)cn1. The normalized spacial score (nSPS) is 10.9. The van der Waals surface area contributed by atoms with Crippen molar-refractivity contribution in [3.8, 4) is 22.5 Å². The number of nitrogens with one attached hydrogen (secondary N) is 1. The second kappa shape index (κ2) is 5.74. The van der Waals surface area contributed by atoms with Crippen molar-refractivity contribution in [1.29, 1.82) is 0 Å². The summed E-state index contributed by atoms with van der Waals surface area (Å²) in [4.78, 5) is 24.2. The van der Waals surface area contributed by atoms with E-state index in [4.69, 9.17) is 0 Å². The van der Waals surface area contributed by atoms with E-state index in [1.54, 1.807) is 6.20 Å². The predicted molar refractivity (Wildman–Crippen MR) is 95.8 cm³/mol. The molecule has 0 saturated carbocycles. The van der Waals surface area contributed by atoms with Gasteiger partial charge in [-0.1, -0.05) is 36.4 Å². The van der Waals surface area contributed by atoms with Crippen LogP contribution >= 0.6 is 0 Å². The van der Waals surface area contributed by atoms with E-state index < -0.39 is 0 Å². The average molecular weight is 313 g/mol. The molecular formula is C20H15N3O. The van der Waals surface area contributed by atoms with Gasteiger partial charge in [0.15, 0.2) is 0 Å². The number of hydrogen-bond donors (Lipinski definition) is 1. The van der Waals surface area contributed by atoms with Crippen LogP contribution in [0.1, 0.15) is 5.69 Å². The van der Waals surface area contributed by atoms with Crippen LogP contribution in [0, 0.1) is 6.92 Å². The van der Waals surface area contributed by atoms with Gasteiger partial charge in [-0.25, -0.2) is 4.98 Å². The maximum atomic E-state index is 12.5. The summed E-state index contributed by atoms with van der Waals surface area (Å²) in [5, 5.41) is 0.583. The number of fused-ring (bicyclic) bond motifs is 1. The topological polar surface area (TPSA) is 58.6 Å². The highest BCUT2D eigenvalue weighted by molar-refractivity contribution is 5.84. The van der Waals surface area contributed by atoms with Crippen LogP contribution in [-0.4, -0.2) is 15.0 Å². The quantitative estimate of drug-likeness (QED) is 0.609. The zero-order valence-corrected chi connectivity index (χ0v) is 13.2. The fourth-order valence-electron chi connectivity index (χ4n) is 2.69. The van der Waals surface area contributed by atoms with Crippen LogP contribution in [0.2, 0.25) is 0 Å². The van der Waals surface area contributed by atoms with Gasteiger partial charge < -0.3 is 4.98 Å². The molecular weight excluding hydrogens is 298 g/mol. The first-order valence-corrected chi connectivity index (χ1v) is 7.73. The van der Waals surface area contributed by atoms with E-state index in [1.165, 1.54) is 0 Å². The lowest BCUT2D eigenvalue weighted by molar-refractivity contribution is 1.15. The van der Waals surface area contributed by atoms with E-state index in [-0.39, 0.29) is 5.56 Å². The summed E-state index contributed by atoms with van der Waals surface area (Å²) < 4.78 is 0. The molecule has 0 amide bonds. The smallest absolute Gasteiger partial charge is 0.259 e. The van der Waals surface area contributed by atoms with Crippen molar-refractivity contribution >= 4 is 10.9 Å². The summed E-state index contributed by atoms with van der Waals surface area (Å²) >= 11 is 0. The molecule has 0 spiro atoms. The van der Waals surface area contributed by atoms with Crippen LogP contribution in [0.25, 0.3) is 33.4 Å². The highest BCUT2D eigenvalue weighted by atomic mass is 16.1. The molecule has 0 fully saturated rings. The Bertz CT molecular complexity index is 1070. The van der Waals surface area contributed by atoms with Gasteiger partial charge in [-0.3, -0.25) is 9.78 Å². The van der Waals surface area contributed by atoms with Crippen LogP contribution in [0.4, 0.5) is 0 Å². The Morgan fingerprint density at radius 3 is 2.42 bits per heavy atom. The fourth-order valence-corrected chi connectivity index (χ4v) is 2.69. The minimum absolute atomic E-state index is 0.145. The van der Waals surface area contributed by atoms with E-state index in [1.807, 2.05) is 67.6 Å². The minimum atomic E-state index is -0.145. The van der Waals surface area contributed by atoms with Crippen molar-refractivity contribution < 1.29 is 0 Å². The Labute approximate surface area is 138 Å². The van der Waals surface area contributed by atoms with E-state index in [9.17, 15) is 4.79 Å². The predicted octanol–water partition coefficient (Wildman–Crippen LogP) is 3.96. The van der Waals surface area contributed by atoms with Crippen molar-refractivity contribution in [3.63, 3.8) is 0 Å². The van der Waals surface area contributed by atoms with E-state index in [0.29, 0.717) is 16.7 Å². The van der Waals surface area contributed by atoms with E-state index in [2.05, 4.69) is 15.0 Å².